The van der Waals surface area contributed by atoms with Crippen LogP contribution in [0.5, 0.6) is 0 Å². The molecule has 0 atom stereocenters. The predicted octanol–water partition coefficient (Wildman–Crippen LogP) is 6.75. The van der Waals surface area contributed by atoms with Crippen molar-refractivity contribution in [1.29, 1.82) is 0 Å². The van der Waals surface area contributed by atoms with Gasteiger partial charge in [0.25, 0.3) is 0 Å². The van der Waals surface area contributed by atoms with Crippen LogP contribution in [-0.2, 0) is 0 Å². The van der Waals surface area contributed by atoms with Crippen molar-refractivity contribution < 1.29 is 93.1 Å². The molecular weight excluding hydrogens is 789 g/mol. The Kier molecular flexibility index (Phi) is 11.7. The minimum Gasteiger partial charge on any atom is -0.344 e. The summed E-state index contributed by atoms with van der Waals surface area (Å²) < 4.78 is 294. The van der Waals surface area contributed by atoms with Crippen LogP contribution < -0.4 is 27.2 Å². The molecule has 0 bridgehead atoms. The lowest BCUT2D eigenvalue weighted by atomic mass is 9.12. The van der Waals surface area contributed by atoms with Crippen molar-refractivity contribution in [3.8, 4) is 0 Å². The first kappa shape index (κ1) is 42.2. The van der Waals surface area contributed by atoms with E-state index >= 15 is 35.1 Å². The number of hydrogen-bond donors (Lipinski definition) is 1. The molecule has 22 heteroatoms. The van der Waals surface area contributed by atoms with Gasteiger partial charge < -0.3 is 5.32 Å². The number of nitrogens with two attached hydrogens (primary N) is 1. The molecule has 294 valence electrons. The van der Waals surface area contributed by atoms with Gasteiger partial charge in [-0.05, 0) is 19.3 Å². The Labute approximate surface area is 289 Å². The van der Waals surface area contributed by atoms with Gasteiger partial charge in [-0.25, -0.2) is 87.8 Å². The zero-order valence-corrected chi connectivity index (χ0v) is 26.7. The van der Waals surface area contributed by atoms with Gasteiger partial charge in [0.05, 0.1) is 12.6 Å². The van der Waals surface area contributed by atoms with Crippen molar-refractivity contribution >= 4 is 28.0 Å². The Morgan fingerprint density at radius 1 is 0.352 bits per heavy atom. The average Bonchev–Trinajstić information content (AvgIpc) is 3.65. The number of hydrogen-bond acceptors (Lipinski definition) is 0. The Balaban J connectivity index is 0.000000631. The molecule has 0 aromatic heterocycles. The average molecular weight is 807 g/mol. The van der Waals surface area contributed by atoms with Crippen LogP contribution in [-0.4, -0.2) is 18.7 Å². The molecule has 2 N–H and O–H groups in total. The van der Waals surface area contributed by atoms with Crippen molar-refractivity contribution in [3.05, 3.63) is 116 Å². The van der Waals surface area contributed by atoms with E-state index in [0.717, 1.165) is 0 Å². The van der Waals surface area contributed by atoms with Gasteiger partial charge in [-0.15, -0.1) is 21.9 Å². The van der Waals surface area contributed by atoms with Gasteiger partial charge >= 0.3 is 0 Å². The second-order valence-corrected chi connectivity index (χ2v) is 12.0. The molecule has 0 saturated heterocycles. The van der Waals surface area contributed by atoms with Gasteiger partial charge in [0.1, 0.15) is 52.7 Å². The lowest BCUT2D eigenvalue weighted by Crippen LogP contribution is -2.92. The van der Waals surface area contributed by atoms with Gasteiger partial charge in [0.2, 0.25) is 0 Å². The number of quaternary nitrogens is 1. The second-order valence-electron chi connectivity index (χ2n) is 12.0. The smallest absolute Gasteiger partial charge is 0.200 e. The lowest BCUT2D eigenvalue weighted by Gasteiger charge is -2.44. The van der Waals surface area contributed by atoms with Crippen molar-refractivity contribution in [2.45, 2.75) is 44.6 Å². The van der Waals surface area contributed by atoms with Crippen LogP contribution in [0.15, 0.2) is 0 Å². The molecule has 4 aromatic carbocycles. The summed E-state index contributed by atoms with van der Waals surface area (Å²) in [6.07, 6.45) is -0.0644. The van der Waals surface area contributed by atoms with Crippen LogP contribution >= 0.6 is 0 Å². The predicted molar refractivity (Wildman–Crippen MR) is 149 cm³/mol. The maximum absolute atomic E-state index is 15.4. The van der Waals surface area contributed by atoms with Crippen molar-refractivity contribution in [2.75, 3.05) is 7.05 Å². The summed E-state index contributed by atoms with van der Waals surface area (Å²) >= 11 is 0. The molecule has 1 fully saturated rings. The van der Waals surface area contributed by atoms with E-state index in [1.165, 1.54) is 32.1 Å². The van der Waals surface area contributed by atoms with Crippen molar-refractivity contribution in [2.24, 2.45) is 0 Å². The van der Waals surface area contributed by atoms with E-state index in [-0.39, 0.29) is 0 Å². The van der Waals surface area contributed by atoms with E-state index in [4.69, 9.17) is 0 Å². The number of rotatable bonds is 6. The quantitative estimate of drug-likeness (QED) is 0.0963. The highest BCUT2D eigenvalue weighted by Crippen LogP contribution is 2.31. The van der Waals surface area contributed by atoms with Crippen molar-refractivity contribution in [3.63, 3.8) is 0 Å². The molecule has 54 heavy (non-hydrogen) atoms. The molecule has 1 saturated carbocycles. The maximum Gasteiger partial charge on any atom is 0.200 e. The molecule has 1 aliphatic carbocycles. The standard InChI is InChI=1S/C24BF20.C8H17N/c26-5-1(6(27)14(35)21(42)13(5)34)25(2-7(28)15(36)22(43)16(37)8(2)29,3-9(30)17(38)23(44)18(39)10(3)31)4-11(32)19(40)24(45)20(41)12(4)33;1-3-8(9-2)6-4-5-7-8/h;9H,3-7H2,1-2H3/q-1;/p+1. The largest absolute Gasteiger partial charge is 0.344 e. The van der Waals surface area contributed by atoms with E-state index < -0.39 is 144 Å². The number of benzene rings is 4. The van der Waals surface area contributed by atoms with Crippen LogP contribution in [0.1, 0.15) is 39.0 Å². The summed E-state index contributed by atoms with van der Waals surface area (Å²) in [5.41, 5.74) is -13.7. The van der Waals surface area contributed by atoms with Gasteiger partial charge in [-0.1, -0.05) is 6.92 Å². The Bertz CT molecular complexity index is 1780. The molecule has 1 nitrogen and oxygen atoms in total. The lowest BCUT2D eigenvalue weighted by molar-refractivity contribution is -0.703. The SMILES string of the molecule is CCC1([NH2+]C)CCCC1.Fc1c(F)c(F)c([B-](c2c(F)c(F)c(F)c(F)c2F)(c2c(F)c(F)c(F)c(F)c2F)c2c(F)c(F)c(F)c(F)c2F)c(F)c1F. The summed E-state index contributed by atoms with van der Waals surface area (Å²) in [7, 11) is 2.22. The second kappa shape index (κ2) is 15.0. The summed E-state index contributed by atoms with van der Waals surface area (Å²) in [4.78, 5) is 0. The minimum absolute atomic E-state index is 0.653. The molecule has 0 amide bonds. The molecule has 5 rings (SSSR count). The number of halogens is 20. The van der Waals surface area contributed by atoms with Crippen LogP contribution in [0.25, 0.3) is 0 Å². The third-order valence-electron chi connectivity index (χ3n) is 9.62. The molecule has 0 heterocycles. The van der Waals surface area contributed by atoms with Crippen LogP contribution in [0.4, 0.5) is 87.8 Å². The van der Waals surface area contributed by atoms with Gasteiger partial charge in [-0.3, -0.25) is 0 Å². The van der Waals surface area contributed by atoms with Gasteiger partial charge in [0.15, 0.2) is 69.8 Å². The summed E-state index contributed by atoms with van der Waals surface area (Å²) in [6, 6.07) is 0. The highest BCUT2D eigenvalue weighted by molar-refractivity contribution is 7.20. The Hall–Kier alpha value is -4.50. The normalized spacial score (nSPS) is 14.1. The van der Waals surface area contributed by atoms with Gasteiger partial charge in [-0.2, -0.15) is 0 Å². The molecule has 0 spiro atoms. The van der Waals surface area contributed by atoms with E-state index in [1.54, 1.807) is 0 Å². The first-order valence-electron chi connectivity index (χ1n) is 15.1. The minimum atomic E-state index is -7.22. The fourth-order valence-corrected chi connectivity index (χ4v) is 6.80. The van der Waals surface area contributed by atoms with Crippen LogP contribution in [0, 0.1) is 116 Å². The van der Waals surface area contributed by atoms with Gasteiger partial charge in [0, 0.05) is 12.8 Å². The molecule has 1 aliphatic rings. The summed E-state index contributed by atoms with van der Waals surface area (Å²) in [5.74, 6) is -71.4. The first-order chi connectivity index (χ1) is 25.0. The summed E-state index contributed by atoms with van der Waals surface area (Å²) in [5, 5.41) is 2.42. The van der Waals surface area contributed by atoms with Crippen LogP contribution in [0.2, 0.25) is 0 Å². The maximum atomic E-state index is 15.4. The van der Waals surface area contributed by atoms with E-state index in [9.17, 15) is 52.7 Å². The van der Waals surface area contributed by atoms with Crippen LogP contribution in [0.3, 0.4) is 0 Å². The zero-order chi connectivity index (χ0) is 41.1. The third kappa shape index (κ3) is 6.03. The van der Waals surface area contributed by atoms with E-state index in [2.05, 4.69) is 19.3 Å². The fraction of sp³-hybridized carbons (Fsp3) is 0.250. The molecule has 4 aromatic rings. The Morgan fingerprint density at radius 3 is 0.648 bits per heavy atom. The molecule has 0 unspecified atom stereocenters. The monoisotopic (exact) mass is 807 g/mol. The van der Waals surface area contributed by atoms with E-state index in [0.29, 0.717) is 5.54 Å². The highest BCUT2D eigenvalue weighted by Gasteiger charge is 2.52. The van der Waals surface area contributed by atoms with Crippen molar-refractivity contribution in [1.82, 2.24) is 0 Å². The summed E-state index contributed by atoms with van der Waals surface area (Å²) in [6.45, 7) is 2.31. The fourth-order valence-electron chi connectivity index (χ4n) is 6.80. The zero-order valence-electron chi connectivity index (χ0n) is 26.7. The molecular formula is C32H18BF20N. The third-order valence-corrected chi connectivity index (χ3v) is 9.62. The first-order valence-corrected chi connectivity index (χ1v) is 15.1. The molecule has 0 aliphatic heterocycles. The molecule has 0 radical (unpaired) electrons. The van der Waals surface area contributed by atoms with E-state index in [1.807, 2.05) is 0 Å². The highest BCUT2D eigenvalue weighted by atomic mass is 19.2. The Morgan fingerprint density at radius 2 is 0.519 bits per heavy atom. The topological polar surface area (TPSA) is 16.6 Å².